The summed E-state index contributed by atoms with van der Waals surface area (Å²) in [7, 11) is 0. The maximum atomic E-state index is 12.9. The maximum Gasteiger partial charge on any atom is 0.306 e. The van der Waals surface area contributed by atoms with Crippen LogP contribution in [-0.4, -0.2) is 37.2 Å². The highest BCUT2D eigenvalue weighted by atomic mass is 16.6. The van der Waals surface area contributed by atoms with Gasteiger partial charge in [-0.3, -0.25) is 14.4 Å². The molecule has 6 heteroatoms. The van der Waals surface area contributed by atoms with Gasteiger partial charge in [0.1, 0.15) is 13.2 Å². The van der Waals surface area contributed by atoms with Crippen LogP contribution in [0, 0.1) is 0 Å². The van der Waals surface area contributed by atoms with Crippen molar-refractivity contribution in [3.63, 3.8) is 0 Å². The van der Waals surface area contributed by atoms with Crippen LogP contribution in [0.25, 0.3) is 0 Å². The van der Waals surface area contributed by atoms with E-state index in [0.29, 0.717) is 19.3 Å². The van der Waals surface area contributed by atoms with Gasteiger partial charge in [0.25, 0.3) is 0 Å². The van der Waals surface area contributed by atoms with Crippen LogP contribution in [-0.2, 0) is 28.6 Å². The van der Waals surface area contributed by atoms with Gasteiger partial charge >= 0.3 is 17.9 Å². The highest BCUT2D eigenvalue weighted by Crippen LogP contribution is 2.16. The molecule has 0 aliphatic heterocycles. The second kappa shape index (κ2) is 61.4. The Hall–Kier alpha value is -3.15. The van der Waals surface area contributed by atoms with Crippen molar-refractivity contribution in [1.29, 1.82) is 0 Å². The molecule has 0 saturated heterocycles. The zero-order valence-corrected chi connectivity index (χ0v) is 48.4. The Morgan fingerprint density at radius 1 is 0.274 bits per heavy atom. The molecule has 0 N–H and O–H groups in total. The topological polar surface area (TPSA) is 78.9 Å². The van der Waals surface area contributed by atoms with Gasteiger partial charge in [-0.25, -0.2) is 0 Å². The van der Waals surface area contributed by atoms with Crippen molar-refractivity contribution in [1.82, 2.24) is 0 Å². The molecule has 0 spiro atoms. The first kappa shape index (κ1) is 69.8. The van der Waals surface area contributed by atoms with Crippen molar-refractivity contribution in [2.75, 3.05) is 13.2 Å². The number of unbranched alkanes of at least 4 members (excludes halogenated alkanes) is 34. The zero-order valence-electron chi connectivity index (χ0n) is 48.4. The van der Waals surface area contributed by atoms with Crippen LogP contribution in [0.3, 0.4) is 0 Å². The van der Waals surface area contributed by atoms with Gasteiger partial charge in [0.2, 0.25) is 0 Å². The molecule has 0 saturated carbocycles. The van der Waals surface area contributed by atoms with Gasteiger partial charge in [0.15, 0.2) is 6.10 Å². The van der Waals surface area contributed by atoms with E-state index in [2.05, 4.69) is 87.6 Å². The maximum absolute atomic E-state index is 12.9. The molecule has 73 heavy (non-hydrogen) atoms. The van der Waals surface area contributed by atoms with Crippen molar-refractivity contribution in [3.8, 4) is 0 Å². The number of carbonyl (C=O) groups excluding carboxylic acids is 3. The largest absolute Gasteiger partial charge is 0.462 e. The third kappa shape index (κ3) is 59.6. The first-order valence-electron chi connectivity index (χ1n) is 31.4. The summed E-state index contributed by atoms with van der Waals surface area (Å²) in [6.07, 6.45) is 79.1. The van der Waals surface area contributed by atoms with Gasteiger partial charge in [0.05, 0.1) is 0 Å². The van der Waals surface area contributed by atoms with Crippen LogP contribution < -0.4 is 0 Å². The first-order chi connectivity index (χ1) is 36.0. The zero-order chi connectivity index (χ0) is 52.9. The molecule has 422 valence electrons. The average molecular weight is 1020 g/mol. The van der Waals surface area contributed by atoms with E-state index in [-0.39, 0.29) is 37.5 Å². The Morgan fingerprint density at radius 3 is 0.863 bits per heavy atom. The number of ether oxygens (including phenoxy) is 3. The standard InChI is InChI=1S/C67H118O6/c1-4-7-10-13-16-19-22-25-28-30-32-33-35-36-39-42-45-48-51-54-57-60-66(69)72-63-64(62-71-65(68)59-56-53-50-47-44-41-38-27-24-21-18-15-12-9-6-3)73-67(70)61-58-55-52-49-46-43-40-37-34-31-29-26-23-20-17-14-11-8-5-2/h17,20,25-26,28-29,34,37,43,46,52,55,64H,4-16,18-19,21-24,27,30-33,35-36,38-42,44-45,47-51,53-54,56-63H2,1-3H3/b20-17-,28-25-,29-26-,37-34-,46-43-,55-52-/t64-/m0/s1. The van der Waals surface area contributed by atoms with Crippen LogP contribution in [0.4, 0.5) is 0 Å². The lowest BCUT2D eigenvalue weighted by molar-refractivity contribution is -0.166. The van der Waals surface area contributed by atoms with Crippen molar-refractivity contribution < 1.29 is 28.6 Å². The highest BCUT2D eigenvalue weighted by molar-refractivity contribution is 5.71. The summed E-state index contributed by atoms with van der Waals surface area (Å²) in [5.41, 5.74) is 0. The number of esters is 3. The summed E-state index contributed by atoms with van der Waals surface area (Å²) in [5, 5.41) is 0. The third-order valence-corrected chi connectivity index (χ3v) is 13.7. The fourth-order valence-corrected chi connectivity index (χ4v) is 8.95. The molecule has 0 aliphatic rings. The molecule has 0 amide bonds. The van der Waals surface area contributed by atoms with E-state index in [1.807, 2.05) is 6.08 Å². The van der Waals surface area contributed by atoms with E-state index in [1.54, 1.807) is 0 Å². The number of carbonyl (C=O) groups is 3. The van der Waals surface area contributed by atoms with Crippen LogP contribution in [0.5, 0.6) is 0 Å². The molecule has 6 nitrogen and oxygen atoms in total. The minimum absolute atomic E-state index is 0.102. The summed E-state index contributed by atoms with van der Waals surface area (Å²) in [6.45, 7) is 6.59. The quantitative estimate of drug-likeness (QED) is 0.0261. The normalized spacial score (nSPS) is 12.5. The van der Waals surface area contributed by atoms with E-state index in [0.717, 1.165) is 64.2 Å². The molecule has 0 radical (unpaired) electrons. The Bertz CT molecular complexity index is 1360. The SMILES string of the molecule is CCCCC/C=C\C/C=C\C/C=C\C/C=C\C/C=C\CCC(=O)O[C@H](COC(=O)CCCCCCCCCCCCC/C=C\CCCCCCCC)COC(=O)CCCCCCCCCCCCCCCCC. The minimum atomic E-state index is -0.814. The van der Waals surface area contributed by atoms with E-state index in [1.165, 1.54) is 205 Å². The molecule has 0 unspecified atom stereocenters. The average Bonchev–Trinajstić information content (AvgIpc) is 3.39. The summed E-state index contributed by atoms with van der Waals surface area (Å²) in [6, 6.07) is 0. The van der Waals surface area contributed by atoms with Crippen molar-refractivity contribution >= 4 is 17.9 Å². The second-order valence-corrected chi connectivity index (χ2v) is 21.0. The fraction of sp³-hybridized carbons (Fsp3) is 0.776. The molecule has 1 atom stereocenters. The lowest BCUT2D eigenvalue weighted by Gasteiger charge is -2.18. The summed E-state index contributed by atoms with van der Waals surface area (Å²) >= 11 is 0. The molecule has 0 rings (SSSR count). The number of allylic oxidation sites excluding steroid dienone is 12. The smallest absolute Gasteiger partial charge is 0.306 e. The Kier molecular flexibility index (Phi) is 58.7. The molecule has 0 aromatic carbocycles. The minimum Gasteiger partial charge on any atom is -0.462 e. The molecule has 0 fully saturated rings. The molecule has 0 aromatic rings. The highest BCUT2D eigenvalue weighted by Gasteiger charge is 2.19. The van der Waals surface area contributed by atoms with E-state index in [4.69, 9.17) is 14.2 Å². The summed E-state index contributed by atoms with van der Waals surface area (Å²) in [4.78, 5) is 38.2. The van der Waals surface area contributed by atoms with E-state index < -0.39 is 6.10 Å². The summed E-state index contributed by atoms with van der Waals surface area (Å²) < 4.78 is 16.9. The van der Waals surface area contributed by atoms with Crippen LogP contribution in [0.1, 0.15) is 316 Å². The molecule has 0 heterocycles. The third-order valence-electron chi connectivity index (χ3n) is 13.7. The molecular weight excluding hydrogens is 901 g/mol. The number of rotatable bonds is 57. The molecule has 0 aromatic heterocycles. The lowest BCUT2D eigenvalue weighted by atomic mass is 10.0. The number of hydrogen-bond donors (Lipinski definition) is 0. The Balaban J connectivity index is 4.44. The fourth-order valence-electron chi connectivity index (χ4n) is 8.95. The first-order valence-corrected chi connectivity index (χ1v) is 31.4. The van der Waals surface area contributed by atoms with E-state index in [9.17, 15) is 14.4 Å². The van der Waals surface area contributed by atoms with Gasteiger partial charge in [-0.2, -0.15) is 0 Å². The lowest BCUT2D eigenvalue weighted by Crippen LogP contribution is -2.30. The van der Waals surface area contributed by atoms with E-state index >= 15 is 0 Å². The molecule has 0 bridgehead atoms. The number of hydrogen-bond acceptors (Lipinski definition) is 6. The molecular formula is C67H118O6. The van der Waals surface area contributed by atoms with Crippen LogP contribution in [0.2, 0.25) is 0 Å². The van der Waals surface area contributed by atoms with Crippen molar-refractivity contribution in [3.05, 3.63) is 72.9 Å². The van der Waals surface area contributed by atoms with Gasteiger partial charge in [-0.1, -0.05) is 286 Å². The Labute approximate surface area is 453 Å². The predicted molar refractivity (Wildman–Crippen MR) is 316 cm³/mol. The predicted octanol–water partition coefficient (Wildman–Crippen LogP) is 21.3. The molecule has 0 aliphatic carbocycles. The van der Waals surface area contributed by atoms with Gasteiger partial charge in [-0.05, 0) is 83.5 Å². The van der Waals surface area contributed by atoms with Crippen molar-refractivity contribution in [2.24, 2.45) is 0 Å². The van der Waals surface area contributed by atoms with Crippen LogP contribution in [0.15, 0.2) is 72.9 Å². The van der Waals surface area contributed by atoms with Gasteiger partial charge in [0, 0.05) is 19.3 Å². The van der Waals surface area contributed by atoms with Gasteiger partial charge < -0.3 is 14.2 Å². The Morgan fingerprint density at radius 2 is 0.521 bits per heavy atom. The van der Waals surface area contributed by atoms with Crippen LogP contribution >= 0.6 is 0 Å². The van der Waals surface area contributed by atoms with Gasteiger partial charge in [-0.15, -0.1) is 0 Å². The summed E-state index contributed by atoms with van der Waals surface area (Å²) in [5.74, 6) is -0.971. The monoisotopic (exact) mass is 1020 g/mol. The van der Waals surface area contributed by atoms with Crippen molar-refractivity contribution in [2.45, 2.75) is 322 Å². The second-order valence-electron chi connectivity index (χ2n) is 21.0.